The standard InChI is InChI=1S/C6H8N2.C2H4O2/c1-7-6-3-2-4-8-5-6;1-2(3)4/h2-5,7H,1H3;1H3,(H,3,4). The number of rotatable bonds is 1. The van der Waals surface area contributed by atoms with E-state index in [-0.39, 0.29) is 0 Å². The van der Waals surface area contributed by atoms with E-state index in [4.69, 9.17) is 9.90 Å². The molecule has 0 saturated carbocycles. The maximum atomic E-state index is 9.00. The van der Waals surface area contributed by atoms with Crippen molar-refractivity contribution >= 4 is 11.7 Å². The first-order chi connectivity index (χ1) is 5.66. The molecule has 0 atom stereocenters. The van der Waals surface area contributed by atoms with Crippen LogP contribution in [0.2, 0.25) is 0 Å². The molecule has 0 saturated heterocycles. The Morgan fingerprint density at radius 2 is 2.25 bits per heavy atom. The maximum Gasteiger partial charge on any atom is 0.300 e. The van der Waals surface area contributed by atoms with Crippen LogP contribution in [0.4, 0.5) is 5.69 Å². The molecule has 0 aromatic carbocycles. The van der Waals surface area contributed by atoms with Crippen molar-refractivity contribution in [2.45, 2.75) is 6.92 Å². The van der Waals surface area contributed by atoms with Crippen LogP contribution in [-0.4, -0.2) is 23.1 Å². The van der Waals surface area contributed by atoms with Crippen LogP contribution < -0.4 is 5.32 Å². The van der Waals surface area contributed by atoms with Crippen LogP contribution in [-0.2, 0) is 4.79 Å². The highest BCUT2D eigenvalue weighted by molar-refractivity contribution is 5.62. The number of aromatic nitrogens is 1. The fraction of sp³-hybridized carbons (Fsp3) is 0.250. The lowest BCUT2D eigenvalue weighted by atomic mass is 10.4. The lowest BCUT2D eigenvalue weighted by Crippen LogP contribution is -1.86. The smallest absolute Gasteiger partial charge is 0.300 e. The van der Waals surface area contributed by atoms with Gasteiger partial charge in [-0.15, -0.1) is 0 Å². The summed E-state index contributed by atoms with van der Waals surface area (Å²) in [6.45, 7) is 1.08. The van der Waals surface area contributed by atoms with Gasteiger partial charge in [0, 0.05) is 26.4 Å². The molecule has 66 valence electrons. The Morgan fingerprint density at radius 1 is 1.67 bits per heavy atom. The van der Waals surface area contributed by atoms with Gasteiger partial charge >= 0.3 is 0 Å². The van der Waals surface area contributed by atoms with Crippen molar-refractivity contribution in [1.29, 1.82) is 0 Å². The van der Waals surface area contributed by atoms with Crippen molar-refractivity contribution in [3.63, 3.8) is 0 Å². The van der Waals surface area contributed by atoms with E-state index in [0.29, 0.717) is 0 Å². The summed E-state index contributed by atoms with van der Waals surface area (Å²) in [5, 5.41) is 10.4. The molecule has 0 unspecified atom stereocenters. The number of carboxylic acid groups (broad SMARTS) is 1. The minimum Gasteiger partial charge on any atom is -0.481 e. The van der Waals surface area contributed by atoms with Gasteiger partial charge in [0.25, 0.3) is 5.97 Å². The Hall–Kier alpha value is -1.58. The number of nitrogens with zero attached hydrogens (tertiary/aromatic N) is 1. The number of hydrogen-bond donors (Lipinski definition) is 2. The van der Waals surface area contributed by atoms with Crippen LogP contribution in [0.25, 0.3) is 0 Å². The zero-order valence-corrected chi connectivity index (χ0v) is 7.11. The van der Waals surface area contributed by atoms with Gasteiger partial charge < -0.3 is 10.4 Å². The van der Waals surface area contributed by atoms with Crippen molar-refractivity contribution in [1.82, 2.24) is 4.98 Å². The lowest BCUT2D eigenvalue weighted by Gasteiger charge is -1.93. The fourth-order valence-corrected chi connectivity index (χ4v) is 0.511. The summed E-state index contributed by atoms with van der Waals surface area (Å²) in [7, 11) is 1.87. The molecule has 0 spiro atoms. The first-order valence-electron chi connectivity index (χ1n) is 3.44. The molecule has 1 heterocycles. The summed E-state index contributed by atoms with van der Waals surface area (Å²) in [6, 6.07) is 3.86. The van der Waals surface area contributed by atoms with Crippen LogP contribution in [0.5, 0.6) is 0 Å². The van der Waals surface area contributed by atoms with Crippen molar-refractivity contribution in [3.05, 3.63) is 24.5 Å². The van der Waals surface area contributed by atoms with Gasteiger partial charge in [0.1, 0.15) is 0 Å². The number of pyridine rings is 1. The van der Waals surface area contributed by atoms with Crippen LogP contribution in [0.3, 0.4) is 0 Å². The van der Waals surface area contributed by atoms with Crippen LogP contribution in [0.1, 0.15) is 6.92 Å². The second-order valence-corrected chi connectivity index (χ2v) is 2.01. The van der Waals surface area contributed by atoms with Crippen LogP contribution in [0, 0.1) is 0 Å². The maximum absolute atomic E-state index is 9.00. The van der Waals surface area contributed by atoms with Gasteiger partial charge in [0.2, 0.25) is 0 Å². The van der Waals surface area contributed by atoms with Crippen molar-refractivity contribution < 1.29 is 9.90 Å². The monoisotopic (exact) mass is 168 g/mol. The topological polar surface area (TPSA) is 62.2 Å². The summed E-state index contributed by atoms with van der Waals surface area (Å²) >= 11 is 0. The molecule has 12 heavy (non-hydrogen) atoms. The largest absolute Gasteiger partial charge is 0.481 e. The fourth-order valence-electron chi connectivity index (χ4n) is 0.511. The van der Waals surface area contributed by atoms with E-state index in [9.17, 15) is 0 Å². The van der Waals surface area contributed by atoms with Gasteiger partial charge in [0.05, 0.1) is 5.69 Å². The summed E-state index contributed by atoms with van der Waals surface area (Å²) in [6.07, 6.45) is 3.53. The summed E-state index contributed by atoms with van der Waals surface area (Å²) in [5.74, 6) is -0.833. The molecule has 4 nitrogen and oxygen atoms in total. The summed E-state index contributed by atoms with van der Waals surface area (Å²) in [4.78, 5) is 12.9. The molecule has 4 heteroatoms. The Balaban J connectivity index is 0.000000261. The van der Waals surface area contributed by atoms with E-state index in [2.05, 4.69) is 10.3 Å². The molecule has 1 aromatic rings. The molecule has 2 N–H and O–H groups in total. The third-order valence-electron chi connectivity index (χ3n) is 0.950. The first-order valence-corrected chi connectivity index (χ1v) is 3.44. The highest BCUT2D eigenvalue weighted by atomic mass is 16.4. The first kappa shape index (κ1) is 10.4. The minimum atomic E-state index is -0.833. The number of aliphatic carboxylic acids is 1. The zero-order valence-electron chi connectivity index (χ0n) is 7.11. The predicted molar refractivity (Wildman–Crippen MR) is 47.1 cm³/mol. The molecular weight excluding hydrogens is 156 g/mol. The number of nitrogens with one attached hydrogen (secondary N) is 1. The van der Waals surface area contributed by atoms with Crippen LogP contribution in [0.15, 0.2) is 24.5 Å². The van der Waals surface area contributed by atoms with Gasteiger partial charge in [-0.05, 0) is 12.1 Å². The molecule has 0 bridgehead atoms. The lowest BCUT2D eigenvalue weighted by molar-refractivity contribution is -0.134. The number of anilines is 1. The van der Waals surface area contributed by atoms with Gasteiger partial charge in [-0.2, -0.15) is 0 Å². The second kappa shape index (κ2) is 6.15. The Morgan fingerprint density at radius 3 is 2.50 bits per heavy atom. The SMILES string of the molecule is CC(=O)O.CNc1cccnc1. The molecule has 0 radical (unpaired) electrons. The Kier molecular flexibility index (Phi) is 5.34. The Bertz CT molecular complexity index is 220. The van der Waals surface area contributed by atoms with E-state index in [0.717, 1.165) is 12.6 Å². The highest BCUT2D eigenvalue weighted by Gasteiger charge is 1.79. The Labute approximate surface area is 71.3 Å². The quantitative estimate of drug-likeness (QED) is 0.661. The van der Waals surface area contributed by atoms with Crippen LogP contribution >= 0.6 is 0 Å². The van der Waals surface area contributed by atoms with Crippen molar-refractivity contribution in [2.75, 3.05) is 12.4 Å². The molecule has 0 aliphatic rings. The van der Waals surface area contributed by atoms with Crippen molar-refractivity contribution in [2.24, 2.45) is 0 Å². The van der Waals surface area contributed by atoms with Gasteiger partial charge in [-0.3, -0.25) is 9.78 Å². The highest BCUT2D eigenvalue weighted by Crippen LogP contribution is 1.98. The average molecular weight is 168 g/mol. The molecular formula is C8H12N2O2. The summed E-state index contributed by atoms with van der Waals surface area (Å²) in [5.41, 5.74) is 1.05. The van der Waals surface area contributed by atoms with Gasteiger partial charge in [-0.25, -0.2) is 0 Å². The summed E-state index contributed by atoms with van der Waals surface area (Å²) < 4.78 is 0. The van der Waals surface area contributed by atoms with Gasteiger partial charge in [-0.1, -0.05) is 0 Å². The minimum absolute atomic E-state index is 0.833. The zero-order chi connectivity index (χ0) is 9.40. The molecule has 0 aliphatic heterocycles. The van der Waals surface area contributed by atoms with E-state index in [1.54, 1.807) is 12.4 Å². The third-order valence-corrected chi connectivity index (χ3v) is 0.950. The molecule has 1 aromatic heterocycles. The number of carbonyl (C=O) groups is 1. The third kappa shape index (κ3) is 6.54. The predicted octanol–water partition coefficient (Wildman–Crippen LogP) is 1.21. The second-order valence-electron chi connectivity index (χ2n) is 2.01. The van der Waals surface area contributed by atoms with E-state index >= 15 is 0 Å². The van der Waals surface area contributed by atoms with E-state index < -0.39 is 5.97 Å². The normalized spacial score (nSPS) is 7.83. The van der Waals surface area contributed by atoms with E-state index in [1.165, 1.54) is 0 Å². The average Bonchev–Trinajstić information content (AvgIpc) is 2.05. The number of hydrogen-bond acceptors (Lipinski definition) is 3. The van der Waals surface area contributed by atoms with Crippen molar-refractivity contribution in [3.8, 4) is 0 Å². The molecule has 1 rings (SSSR count). The van der Waals surface area contributed by atoms with Gasteiger partial charge in [0.15, 0.2) is 0 Å². The molecule has 0 fully saturated rings. The molecule has 0 amide bonds. The van der Waals surface area contributed by atoms with E-state index in [1.807, 2.05) is 19.2 Å². The molecule has 0 aliphatic carbocycles. The number of carboxylic acids is 1.